The van der Waals surface area contributed by atoms with Crippen molar-refractivity contribution in [2.24, 2.45) is 0 Å². The molecule has 0 aliphatic carbocycles. The normalized spacial score (nSPS) is 48.0. The fourth-order valence-electron chi connectivity index (χ4n) is 18.4. The van der Waals surface area contributed by atoms with Gasteiger partial charge in [0.1, 0.15) is 256 Å². The van der Waals surface area contributed by atoms with Crippen LogP contribution in [0.1, 0.15) is 48.0 Å². The largest absolute Gasteiger partial charge is 0.477 e. The van der Waals surface area contributed by atoms with Gasteiger partial charge < -0.3 is 284 Å². The van der Waals surface area contributed by atoms with Gasteiger partial charge in [-0.15, -0.1) is 0 Å². The van der Waals surface area contributed by atoms with Gasteiger partial charge in [0.15, 0.2) is 62.9 Å². The molecule has 56 atom stereocenters. The Kier molecular flexibility index (Phi) is 41.7. The average molecular weight is 2080 g/mol. The Hall–Kier alpha value is -5.22. The van der Waals surface area contributed by atoms with E-state index in [-0.39, 0.29) is 0 Å². The molecule has 0 aromatic carbocycles. The van der Waals surface area contributed by atoms with Gasteiger partial charge in [-0.3, -0.25) is 24.0 Å². The van der Waals surface area contributed by atoms with Crippen LogP contribution in [-0.4, -0.2) is 603 Å². The van der Waals surface area contributed by atoms with Crippen LogP contribution >= 0.6 is 0 Å². The summed E-state index contributed by atoms with van der Waals surface area (Å²) in [7, 11) is 0. The van der Waals surface area contributed by atoms with Gasteiger partial charge in [0.25, 0.3) is 5.79 Å². The first-order chi connectivity index (χ1) is 67.0. The molecular weight excluding hydrogens is 1950 g/mol. The lowest BCUT2D eigenvalue weighted by Crippen LogP contribution is -2.71. The summed E-state index contributed by atoms with van der Waals surface area (Å²) in [4.78, 5) is 77.9. The number of rotatable bonds is 38. The van der Waals surface area contributed by atoms with E-state index in [9.17, 15) is 187 Å². The molecule has 11 heterocycles. The van der Waals surface area contributed by atoms with Crippen LogP contribution in [0.4, 0.5) is 0 Å². The molecule has 11 rings (SSSR count). The number of amides is 5. The minimum Gasteiger partial charge on any atom is -0.477 e. The van der Waals surface area contributed by atoms with Crippen LogP contribution in [-0.2, 0) is 128 Å². The van der Waals surface area contributed by atoms with Crippen molar-refractivity contribution in [1.29, 1.82) is 0 Å². The predicted molar refractivity (Wildman–Crippen MR) is 436 cm³/mol. The minimum absolute atomic E-state index is 0.857. The monoisotopic (exact) mass is 2080 g/mol. The minimum atomic E-state index is -3.33. The van der Waals surface area contributed by atoms with Gasteiger partial charge in [0.05, 0.1) is 84.3 Å². The van der Waals surface area contributed by atoms with E-state index < -0.39 is 451 Å². The lowest BCUT2D eigenvalue weighted by Gasteiger charge is -2.51. The number of carboxylic acid groups (broad SMARTS) is 1. The molecule has 11 saturated heterocycles. The maximum absolute atomic E-state index is 13.4. The Morgan fingerprint density at radius 3 is 1.06 bits per heavy atom. The molecule has 11 aliphatic heterocycles. The number of nitrogens with one attached hydrogen (secondary N) is 5. The highest BCUT2D eigenvalue weighted by Crippen LogP contribution is 2.44. The van der Waals surface area contributed by atoms with Crippen molar-refractivity contribution >= 4 is 35.5 Å². The molecule has 0 bridgehead atoms. The first-order valence-corrected chi connectivity index (χ1v) is 45.1. The number of hydrogen-bond acceptors (Lipinski definition) is 57. The number of carbonyl (C=O) groups is 6. The highest BCUT2D eigenvalue weighted by atomic mass is 16.8. The number of carbonyl (C=O) groups excluding carboxylic acids is 5. The summed E-state index contributed by atoms with van der Waals surface area (Å²) in [5.74, 6) is -10.4. The third-order valence-corrected chi connectivity index (χ3v) is 25.9. The lowest BCUT2D eigenvalue weighted by molar-refractivity contribution is -0.399. The Morgan fingerprint density at radius 1 is 0.303 bits per heavy atom. The zero-order valence-corrected chi connectivity index (χ0v) is 76.4. The molecule has 63 nitrogen and oxygen atoms in total. The van der Waals surface area contributed by atoms with Gasteiger partial charge in [-0.25, -0.2) is 4.79 Å². The van der Waals surface area contributed by atoms with Gasteiger partial charge in [-0.1, -0.05) is 0 Å². The van der Waals surface area contributed by atoms with Gasteiger partial charge in [-0.05, 0) is 6.92 Å². The van der Waals surface area contributed by atoms with Crippen LogP contribution in [0.3, 0.4) is 0 Å². The smallest absolute Gasteiger partial charge is 0.364 e. The van der Waals surface area contributed by atoms with Crippen molar-refractivity contribution in [3.63, 3.8) is 0 Å². The second kappa shape index (κ2) is 50.6. The predicted octanol–water partition coefficient (Wildman–Crippen LogP) is -24.0. The van der Waals surface area contributed by atoms with Crippen LogP contribution in [0.2, 0.25) is 0 Å². The Bertz CT molecular complexity index is 4010. The van der Waals surface area contributed by atoms with Gasteiger partial charge in [-0.2, -0.15) is 0 Å². The van der Waals surface area contributed by atoms with Crippen LogP contribution in [0, 0.1) is 0 Å². The van der Waals surface area contributed by atoms with E-state index in [2.05, 4.69) is 26.6 Å². The highest BCUT2D eigenvalue weighted by Gasteiger charge is 2.65. The molecule has 11 fully saturated rings. The summed E-state index contributed by atoms with van der Waals surface area (Å²) >= 11 is 0. The van der Waals surface area contributed by atoms with Crippen LogP contribution in [0.25, 0.3) is 0 Å². The van der Waals surface area contributed by atoms with E-state index in [0.717, 1.165) is 34.6 Å². The second-order valence-electron chi connectivity index (χ2n) is 36.0. The van der Waals surface area contributed by atoms with E-state index in [1.54, 1.807) is 0 Å². The number of carboxylic acids is 1. The summed E-state index contributed by atoms with van der Waals surface area (Å²) in [6.45, 7) is -6.14. The molecule has 11 aliphatic rings. The fourth-order valence-corrected chi connectivity index (χ4v) is 18.4. The van der Waals surface area contributed by atoms with Gasteiger partial charge >= 0.3 is 5.97 Å². The van der Waals surface area contributed by atoms with Crippen molar-refractivity contribution in [2.75, 3.05) is 66.1 Å². The molecule has 11 unspecified atom stereocenters. The van der Waals surface area contributed by atoms with Crippen molar-refractivity contribution in [3.8, 4) is 0 Å². The Balaban J connectivity index is 0.914. The van der Waals surface area contributed by atoms with Gasteiger partial charge in [0, 0.05) is 41.0 Å². The molecule has 5 amide bonds. The lowest BCUT2D eigenvalue weighted by atomic mass is 9.88. The Morgan fingerprint density at radius 2 is 0.620 bits per heavy atom. The van der Waals surface area contributed by atoms with E-state index in [1.807, 2.05) is 0 Å². The van der Waals surface area contributed by atoms with Crippen molar-refractivity contribution in [3.05, 3.63) is 0 Å². The molecule has 0 aromatic heterocycles. The second-order valence-corrected chi connectivity index (χ2v) is 36.0. The molecule has 0 aromatic rings. The zero-order chi connectivity index (χ0) is 105. The summed E-state index contributed by atoms with van der Waals surface area (Å²) < 4.78 is 125. The number of aliphatic hydroxyl groups is 30. The fraction of sp³-hybridized carbons (Fsp3) is 0.924. The standard InChI is InChI=1S/C79H131N5O58/c1-18-40(100)51(111)55(115)72(124-18)122-17-34-62(47(107)36(68(119)125-34)81-20(3)94)134-69-37(82-21(4)95)48(108)60(31(14-91)130-69)136-74-57(117)64(138-77-67(54(114)44(104)28(11-88)129-77)140-71-39(84-23(6)97)49(109)59(30(13-90)132-71)135-73-56(116)52(112)42(102)26(9-86)126-73)46(106)33(133-74)16-123-76-66(53(113)43(103)27(10-87)128-76)139-70-38(83-22(5)96)50(110)61(32(15-92)131-70)137-75-58(118)65(45(105)29(12-89)127-75)142-79(78(120)121)7-24(98)35(80-19(2)93)63(141-79)41(101)25(99)8-85/h18,24-77,85-92,98-119H,7-17H2,1-6H3,(H,80,93)(H,81,94)(H,82,95)(H,83,96)(H,84,97)(H,120,121)/t18-,24-,25+,26+,27+,28+,29+,30+,31+,32+,33+,34+,35+,36+,37+,38+,39+,40+,41+,42-,43+,44+,45-,46+,47+,48+,49+,50+,51+,52-,53-,54-,55-,56+,57-,58+,59+,60+,61+,62+,63+,64-,65-,66-,67-,68?,69?,70?,71?,72?,73?,74?,75?,76?,77?,79?/m0/s1. The third kappa shape index (κ3) is 25.8. The third-order valence-electron chi connectivity index (χ3n) is 25.9. The highest BCUT2D eigenvalue weighted by molar-refractivity contribution is 5.77. The quantitative estimate of drug-likeness (QED) is 0.0273. The van der Waals surface area contributed by atoms with E-state index in [4.69, 9.17) is 99.5 Å². The van der Waals surface area contributed by atoms with Crippen molar-refractivity contribution in [2.45, 2.75) is 391 Å². The van der Waals surface area contributed by atoms with E-state index in [1.165, 1.54) is 6.92 Å². The average Bonchev–Trinajstić information content (AvgIpc) is 0.756. The van der Waals surface area contributed by atoms with E-state index >= 15 is 0 Å². The molecule has 36 N–H and O–H groups in total. The van der Waals surface area contributed by atoms with E-state index in [0.29, 0.717) is 0 Å². The molecular formula is C79H131N5O58. The van der Waals surface area contributed by atoms with Crippen LogP contribution in [0.5, 0.6) is 0 Å². The van der Waals surface area contributed by atoms with Gasteiger partial charge in [0.2, 0.25) is 29.5 Å². The molecule has 0 saturated carbocycles. The summed E-state index contributed by atoms with van der Waals surface area (Å²) in [6.07, 6.45) is -111. The molecule has 820 valence electrons. The topological polar surface area (TPSA) is 984 Å². The molecule has 63 heteroatoms. The summed E-state index contributed by atoms with van der Waals surface area (Å²) in [5, 5.41) is 361. The number of aliphatic hydroxyl groups excluding tert-OH is 30. The number of hydrogen-bond donors (Lipinski definition) is 36. The van der Waals surface area contributed by atoms with Crippen molar-refractivity contribution < 1.29 is 287 Å². The SMILES string of the molecule is CC(=O)N[C@H]1[C@H]([C@H](O)[C@H](O)CO)OC(O[C@H]2[C@@H](O)[C@@H](CO)OC(O[C@H]3[C@H](O)[C@@H](NC(C)=O)C(O[C@@H]4C(OC[C@H]5OC(O[C@H]6[C@H](O)[C@@H](NC(C)=O)C(O[C@H]7[C@H](O)[C@@H](NC(C)=O)C(O)O[C@@H]7COC7O[C@@H](C)[C@@H](O)[C@@H](O)[C@@H]7O)O[C@@H]6CO)[C@@H](O)[C@@H](OC6O[C@H](CO)[C@@H](O)[C@H](O)[C@@H]6OC6O[C@H](CO)[C@@H](OC7O[C@H](CO)[C@H](O)[C@H](O)[C@H]7O)[C@H](O)[C@H]6NC(C)=O)[C@@H]5O)O[C@H](CO)[C@@H](O)[C@@H]4O)O[C@@H]3CO)[C@@H]2O)(C(=O)O)C[C@@H]1O. The maximum atomic E-state index is 13.4. The van der Waals surface area contributed by atoms with Crippen LogP contribution in [0.15, 0.2) is 0 Å². The Labute approximate surface area is 803 Å². The molecule has 142 heavy (non-hydrogen) atoms. The summed E-state index contributed by atoms with van der Waals surface area (Å²) in [5.41, 5.74) is 0. The first kappa shape index (κ1) is 117. The zero-order valence-electron chi connectivity index (χ0n) is 76.4. The van der Waals surface area contributed by atoms with Crippen LogP contribution < -0.4 is 26.6 Å². The molecule has 0 spiro atoms. The van der Waals surface area contributed by atoms with Crippen molar-refractivity contribution in [1.82, 2.24) is 26.6 Å². The summed E-state index contributed by atoms with van der Waals surface area (Å²) in [6, 6.07) is -9.81. The first-order valence-electron chi connectivity index (χ1n) is 45.1. The number of aliphatic carboxylic acids is 1. The maximum Gasteiger partial charge on any atom is 0.364 e. The molecule has 0 radical (unpaired) electrons. The number of ether oxygens (including phenoxy) is 21.